The van der Waals surface area contributed by atoms with Crippen molar-refractivity contribution in [3.63, 3.8) is 0 Å². The molecule has 0 saturated carbocycles. The van der Waals surface area contributed by atoms with Gasteiger partial charge in [0.15, 0.2) is 0 Å². The highest BCUT2D eigenvalue weighted by Crippen LogP contribution is 2.35. The number of imidazole rings is 1. The third-order valence-corrected chi connectivity index (χ3v) is 6.90. The number of aromatic nitrogens is 2. The molecule has 1 saturated heterocycles. The Balaban J connectivity index is 1.39. The van der Waals surface area contributed by atoms with Gasteiger partial charge in [0.1, 0.15) is 23.2 Å². The molecule has 0 bridgehead atoms. The lowest BCUT2D eigenvalue weighted by molar-refractivity contribution is -0.136. The molecule has 4 heterocycles. The Morgan fingerprint density at radius 1 is 0.946 bits per heavy atom. The molecule has 0 radical (unpaired) electrons. The molecule has 0 spiro atoms. The average molecular weight is 494 g/mol. The molecule has 0 aliphatic carbocycles. The SMILES string of the molecule is CC(Nc1c(-c2ccc3c(c2)C(=O)N(C2CCC(=O)NC2=O)C3=O)nc2ccccn12)c1ccccc1. The zero-order valence-electron chi connectivity index (χ0n) is 20.0. The van der Waals surface area contributed by atoms with Crippen molar-refractivity contribution in [3.8, 4) is 11.3 Å². The van der Waals surface area contributed by atoms with Crippen molar-refractivity contribution in [2.24, 2.45) is 0 Å². The number of fused-ring (bicyclic) bond motifs is 2. The van der Waals surface area contributed by atoms with Crippen molar-refractivity contribution in [1.82, 2.24) is 19.6 Å². The monoisotopic (exact) mass is 493 g/mol. The minimum absolute atomic E-state index is 0.0271. The van der Waals surface area contributed by atoms with E-state index in [2.05, 4.69) is 17.6 Å². The molecular formula is C28H23N5O4. The van der Waals surface area contributed by atoms with Crippen LogP contribution in [0.5, 0.6) is 0 Å². The molecule has 4 aromatic rings. The van der Waals surface area contributed by atoms with Crippen LogP contribution in [0.4, 0.5) is 5.82 Å². The largest absolute Gasteiger partial charge is 0.363 e. The van der Waals surface area contributed by atoms with E-state index in [-0.39, 0.29) is 30.0 Å². The first kappa shape index (κ1) is 22.7. The second-order valence-electron chi connectivity index (χ2n) is 9.22. The number of hydrogen-bond acceptors (Lipinski definition) is 6. The maximum atomic E-state index is 13.3. The zero-order chi connectivity index (χ0) is 25.7. The highest BCUT2D eigenvalue weighted by atomic mass is 16.2. The molecule has 2 aromatic heterocycles. The van der Waals surface area contributed by atoms with E-state index in [1.807, 2.05) is 59.1 Å². The summed E-state index contributed by atoms with van der Waals surface area (Å²) in [4.78, 5) is 56.2. The summed E-state index contributed by atoms with van der Waals surface area (Å²) >= 11 is 0. The second kappa shape index (κ2) is 8.70. The number of hydrogen-bond donors (Lipinski definition) is 2. The van der Waals surface area contributed by atoms with E-state index >= 15 is 0 Å². The van der Waals surface area contributed by atoms with Crippen molar-refractivity contribution in [2.75, 3.05) is 5.32 Å². The van der Waals surface area contributed by atoms with Crippen LogP contribution in [0.3, 0.4) is 0 Å². The number of amides is 4. The minimum Gasteiger partial charge on any atom is -0.363 e. The Kier molecular flexibility index (Phi) is 5.33. The molecule has 2 atom stereocenters. The van der Waals surface area contributed by atoms with Gasteiger partial charge in [0.05, 0.1) is 11.1 Å². The van der Waals surface area contributed by atoms with Gasteiger partial charge in [-0.1, -0.05) is 42.5 Å². The topological polar surface area (TPSA) is 113 Å². The lowest BCUT2D eigenvalue weighted by Crippen LogP contribution is -2.54. The van der Waals surface area contributed by atoms with Crippen molar-refractivity contribution in [3.05, 3.63) is 89.6 Å². The van der Waals surface area contributed by atoms with Crippen molar-refractivity contribution in [2.45, 2.75) is 31.8 Å². The first-order chi connectivity index (χ1) is 17.9. The van der Waals surface area contributed by atoms with Gasteiger partial charge in [-0.3, -0.25) is 33.8 Å². The number of benzene rings is 2. The van der Waals surface area contributed by atoms with Crippen molar-refractivity contribution < 1.29 is 19.2 Å². The molecule has 6 rings (SSSR count). The fourth-order valence-electron chi connectivity index (χ4n) is 4.98. The van der Waals surface area contributed by atoms with Gasteiger partial charge in [-0.2, -0.15) is 0 Å². The number of pyridine rings is 1. The molecule has 2 aromatic carbocycles. The van der Waals surface area contributed by atoms with E-state index in [0.29, 0.717) is 11.3 Å². The fraction of sp³-hybridized carbons (Fsp3) is 0.179. The Morgan fingerprint density at radius 2 is 1.70 bits per heavy atom. The molecular weight excluding hydrogens is 470 g/mol. The number of nitrogens with zero attached hydrogens (tertiary/aromatic N) is 3. The Bertz CT molecular complexity index is 1590. The average Bonchev–Trinajstić information content (AvgIpc) is 3.39. The van der Waals surface area contributed by atoms with Gasteiger partial charge in [0, 0.05) is 24.2 Å². The molecule has 4 amide bonds. The zero-order valence-corrected chi connectivity index (χ0v) is 20.0. The first-order valence-electron chi connectivity index (χ1n) is 12.1. The molecule has 2 unspecified atom stereocenters. The summed E-state index contributed by atoms with van der Waals surface area (Å²) in [6, 6.07) is 19.7. The van der Waals surface area contributed by atoms with Crippen LogP contribution in [0.2, 0.25) is 0 Å². The highest BCUT2D eigenvalue weighted by Gasteiger charge is 2.44. The number of carbonyl (C=O) groups is 4. The van der Waals surface area contributed by atoms with Crippen LogP contribution in [0.1, 0.15) is 52.1 Å². The maximum absolute atomic E-state index is 13.3. The summed E-state index contributed by atoms with van der Waals surface area (Å²) in [6.45, 7) is 2.06. The van der Waals surface area contributed by atoms with Gasteiger partial charge < -0.3 is 5.32 Å². The van der Waals surface area contributed by atoms with Gasteiger partial charge in [-0.25, -0.2) is 4.98 Å². The van der Waals surface area contributed by atoms with Crippen molar-refractivity contribution in [1.29, 1.82) is 0 Å². The van der Waals surface area contributed by atoms with Crippen LogP contribution in [-0.4, -0.2) is 44.0 Å². The summed E-state index contributed by atoms with van der Waals surface area (Å²) in [6.07, 6.45) is 2.10. The lowest BCUT2D eigenvalue weighted by Gasteiger charge is -2.27. The number of anilines is 1. The summed E-state index contributed by atoms with van der Waals surface area (Å²) in [5.74, 6) is -1.37. The van der Waals surface area contributed by atoms with Crippen LogP contribution >= 0.6 is 0 Å². The quantitative estimate of drug-likeness (QED) is 0.411. The molecule has 2 aliphatic heterocycles. The fourth-order valence-corrected chi connectivity index (χ4v) is 4.98. The smallest absolute Gasteiger partial charge is 0.262 e. The Hall–Kier alpha value is -4.79. The predicted molar refractivity (Wildman–Crippen MR) is 136 cm³/mol. The standard InChI is InChI=1S/C28H23N5O4/c1-16(17-7-3-2-4-8-17)29-25-24(30-22-9-5-6-14-32(22)25)18-10-11-19-20(15-18)28(37)33(27(19)36)21-12-13-23(34)31-26(21)35/h2-11,14-16,21,29H,12-13H2,1H3,(H,31,34,35). The van der Waals surface area contributed by atoms with Gasteiger partial charge >= 0.3 is 0 Å². The molecule has 2 N–H and O–H groups in total. The van der Waals surface area contributed by atoms with E-state index in [1.54, 1.807) is 18.2 Å². The molecule has 9 nitrogen and oxygen atoms in total. The molecule has 1 fully saturated rings. The molecule has 184 valence electrons. The summed E-state index contributed by atoms with van der Waals surface area (Å²) < 4.78 is 1.95. The molecule has 37 heavy (non-hydrogen) atoms. The Morgan fingerprint density at radius 3 is 2.49 bits per heavy atom. The number of carbonyl (C=O) groups excluding carboxylic acids is 4. The molecule has 2 aliphatic rings. The van der Waals surface area contributed by atoms with Crippen LogP contribution in [0.15, 0.2) is 72.9 Å². The van der Waals surface area contributed by atoms with Crippen LogP contribution in [-0.2, 0) is 9.59 Å². The predicted octanol–water partition coefficient (Wildman–Crippen LogP) is 3.58. The number of piperidine rings is 1. The van der Waals surface area contributed by atoms with Crippen LogP contribution in [0, 0.1) is 0 Å². The third kappa shape index (κ3) is 3.76. The van der Waals surface area contributed by atoms with Gasteiger partial charge in [0.2, 0.25) is 11.8 Å². The van der Waals surface area contributed by atoms with Crippen LogP contribution in [0.25, 0.3) is 16.9 Å². The van der Waals surface area contributed by atoms with Gasteiger partial charge in [-0.15, -0.1) is 0 Å². The van der Waals surface area contributed by atoms with E-state index in [1.165, 1.54) is 0 Å². The van der Waals surface area contributed by atoms with Gasteiger partial charge in [0.25, 0.3) is 11.8 Å². The Labute approximate surface area is 212 Å². The highest BCUT2D eigenvalue weighted by molar-refractivity contribution is 6.23. The van der Waals surface area contributed by atoms with Crippen molar-refractivity contribution >= 4 is 35.1 Å². The summed E-state index contributed by atoms with van der Waals surface area (Å²) in [7, 11) is 0. The maximum Gasteiger partial charge on any atom is 0.262 e. The van der Waals surface area contributed by atoms with Gasteiger partial charge in [-0.05, 0) is 43.2 Å². The second-order valence-corrected chi connectivity index (χ2v) is 9.22. The third-order valence-electron chi connectivity index (χ3n) is 6.90. The molecule has 9 heteroatoms. The van der Waals surface area contributed by atoms with E-state index in [9.17, 15) is 19.2 Å². The van der Waals surface area contributed by atoms with E-state index < -0.39 is 29.7 Å². The number of rotatable bonds is 5. The summed E-state index contributed by atoms with van der Waals surface area (Å²) in [5, 5.41) is 5.78. The number of imide groups is 2. The number of nitrogens with one attached hydrogen (secondary N) is 2. The van der Waals surface area contributed by atoms with E-state index in [4.69, 9.17) is 4.98 Å². The minimum atomic E-state index is -1.01. The van der Waals surface area contributed by atoms with E-state index in [0.717, 1.165) is 21.9 Å². The summed E-state index contributed by atoms with van der Waals surface area (Å²) in [5.41, 5.74) is 3.58. The normalized spacial score (nSPS) is 18.2. The van der Waals surface area contributed by atoms with Crippen LogP contribution < -0.4 is 10.6 Å². The lowest BCUT2D eigenvalue weighted by atomic mass is 10.0. The first-order valence-corrected chi connectivity index (χ1v) is 12.1.